The summed E-state index contributed by atoms with van der Waals surface area (Å²) in [6.45, 7) is 5.65. The highest BCUT2D eigenvalue weighted by Gasteiger charge is 2.17. The molecule has 0 amide bonds. The van der Waals surface area contributed by atoms with E-state index in [0.717, 1.165) is 17.0 Å². The summed E-state index contributed by atoms with van der Waals surface area (Å²) >= 11 is 0. The molecule has 0 spiro atoms. The molecule has 19 heavy (non-hydrogen) atoms. The van der Waals surface area contributed by atoms with Crippen LogP contribution in [0.4, 0.5) is 5.82 Å². The Morgan fingerprint density at radius 1 is 1.47 bits per heavy atom. The molecule has 1 unspecified atom stereocenters. The Hall–Kier alpha value is -2.37. The van der Waals surface area contributed by atoms with Crippen LogP contribution in [0.2, 0.25) is 0 Å². The van der Waals surface area contributed by atoms with Crippen molar-refractivity contribution in [1.82, 2.24) is 10.1 Å². The van der Waals surface area contributed by atoms with Crippen molar-refractivity contribution < 1.29 is 14.4 Å². The predicted molar refractivity (Wildman–Crippen MR) is 69.2 cm³/mol. The van der Waals surface area contributed by atoms with Gasteiger partial charge in [0.2, 0.25) is 0 Å². The number of carboxylic acid groups (broad SMARTS) is 1. The predicted octanol–water partition coefficient (Wildman–Crippen LogP) is 2.56. The van der Waals surface area contributed by atoms with E-state index < -0.39 is 5.97 Å². The van der Waals surface area contributed by atoms with Crippen molar-refractivity contribution in [2.24, 2.45) is 0 Å². The van der Waals surface area contributed by atoms with Crippen LogP contribution in [0.3, 0.4) is 0 Å². The van der Waals surface area contributed by atoms with Crippen molar-refractivity contribution in [2.45, 2.75) is 26.8 Å². The summed E-state index contributed by atoms with van der Waals surface area (Å²) < 4.78 is 5.11. The maximum Gasteiger partial charge on any atom is 0.335 e. The number of aromatic nitrogens is 2. The number of nitrogens with zero attached hydrogens (tertiary/aromatic N) is 2. The Balaban J connectivity index is 2.22. The number of aromatic carboxylic acids is 1. The zero-order valence-electron chi connectivity index (χ0n) is 11.0. The highest BCUT2D eigenvalue weighted by Crippen LogP contribution is 2.24. The van der Waals surface area contributed by atoms with Crippen LogP contribution in [0.25, 0.3) is 0 Å². The van der Waals surface area contributed by atoms with Crippen molar-refractivity contribution in [1.29, 1.82) is 0 Å². The topological polar surface area (TPSA) is 88.2 Å². The summed E-state index contributed by atoms with van der Waals surface area (Å²) in [5.74, 6) is 0.273. The summed E-state index contributed by atoms with van der Waals surface area (Å²) in [4.78, 5) is 15.0. The standard InChI is InChI=1S/C13H15N3O3/c1-7(12-8(2)16-19-9(12)3)15-11-6-10(13(17)18)4-5-14-11/h4-7H,1-3H3,(H,14,15)(H,17,18). The van der Waals surface area contributed by atoms with Gasteiger partial charge in [-0.25, -0.2) is 9.78 Å². The molecule has 0 fully saturated rings. The molecule has 0 aliphatic carbocycles. The van der Waals surface area contributed by atoms with Gasteiger partial charge in [-0.1, -0.05) is 5.16 Å². The molecule has 1 atom stereocenters. The zero-order chi connectivity index (χ0) is 14.0. The van der Waals surface area contributed by atoms with E-state index in [4.69, 9.17) is 9.63 Å². The van der Waals surface area contributed by atoms with E-state index in [1.165, 1.54) is 18.3 Å². The van der Waals surface area contributed by atoms with Crippen LogP contribution in [-0.2, 0) is 0 Å². The molecule has 100 valence electrons. The first-order valence-electron chi connectivity index (χ1n) is 5.87. The summed E-state index contributed by atoms with van der Waals surface area (Å²) in [6, 6.07) is 2.88. The number of carboxylic acids is 1. The average Bonchev–Trinajstić information content (AvgIpc) is 2.69. The van der Waals surface area contributed by atoms with Crippen molar-refractivity contribution in [3.8, 4) is 0 Å². The van der Waals surface area contributed by atoms with E-state index in [1.807, 2.05) is 20.8 Å². The fraction of sp³-hybridized carbons (Fsp3) is 0.308. The van der Waals surface area contributed by atoms with Gasteiger partial charge in [0, 0.05) is 11.8 Å². The van der Waals surface area contributed by atoms with E-state index >= 15 is 0 Å². The van der Waals surface area contributed by atoms with Crippen molar-refractivity contribution in [2.75, 3.05) is 5.32 Å². The van der Waals surface area contributed by atoms with Gasteiger partial charge in [-0.2, -0.15) is 0 Å². The summed E-state index contributed by atoms with van der Waals surface area (Å²) in [6.07, 6.45) is 1.46. The van der Waals surface area contributed by atoms with Gasteiger partial charge in [0.25, 0.3) is 0 Å². The SMILES string of the molecule is Cc1noc(C)c1C(C)Nc1cc(C(=O)O)ccn1. The second-order valence-corrected chi connectivity index (χ2v) is 4.34. The first kappa shape index (κ1) is 13.1. The van der Waals surface area contributed by atoms with E-state index in [0.29, 0.717) is 5.82 Å². The Bertz CT molecular complexity index is 587. The monoisotopic (exact) mass is 261 g/mol. The lowest BCUT2D eigenvalue weighted by Crippen LogP contribution is -2.10. The molecule has 6 heteroatoms. The molecule has 0 radical (unpaired) electrons. The van der Waals surface area contributed by atoms with Crippen LogP contribution in [0.1, 0.15) is 40.3 Å². The number of rotatable bonds is 4. The maximum absolute atomic E-state index is 10.9. The Morgan fingerprint density at radius 3 is 2.79 bits per heavy atom. The minimum Gasteiger partial charge on any atom is -0.478 e. The Kier molecular flexibility index (Phi) is 3.50. The van der Waals surface area contributed by atoms with Crippen LogP contribution in [0, 0.1) is 13.8 Å². The first-order valence-corrected chi connectivity index (χ1v) is 5.87. The number of anilines is 1. The van der Waals surface area contributed by atoms with Gasteiger partial charge in [-0.15, -0.1) is 0 Å². The van der Waals surface area contributed by atoms with E-state index in [1.54, 1.807) is 0 Å². The molecule has 0 aliphatic heterocycles. The van der Waals surface area contributed by atoms with Gasteiger partial charge in [-0.3, -0.25) is 0 Å². The number of aryl methyl sites for hydroxylation is 2. The quantitative estimate of drug-likeness (QED) is 0.879. The zero-order valence-corrected chi connectivity index (χ0v) is 11.0. The fourth-order valence-electron chi connectivity index (χ4n) is 2.04. The van der Waals surface area contributed by atoms with Crippen LogP contribution in [0.15, 0.2) is 22.9 Å². The van der Waals surface area contributed by atoms with Crippen LogP contribution >= 0.6 is 0 Å². The molecule has 6 nitrogen and oxygen atoms in total. The molecule has 0 bridgehead atoms. The van der Waals surface area contributed by atoms with E-state index in [-0.39, 0.29) is 11.6 Å². The number of hydrogen-bond acceptors (Lipinski definition) is 5. The second kappa shape index (κ2) is 5.09. The molecular formula is C13H15N3O3. The van der Waals surface area contributed by atoms with Gasteiger partial charge in [0.1, 0.15) is 11.6 Å². The molecule has 2 aromatic rings. The Morgan fingerprint density at radius 2 is 2.21 bits per heavy atom. The third kappa shape index (κ3) is 2.73. The first-order chi connectivity index (χ1) is 8.99. The lowest BCUT2D eigenvalue weighted by Gasteiger charge is -2.14. The summed E-state index contributed by atoms with van der Waals surface area (Å²) in [5.41, 5.74) is 1.97. The van der Waals surface area contributed by atoms with E-state index in [9.17, 15) is 4.79 Å². The molecule has 0 saturated heterocycles. The highest BCUT2D eigenvalue weighted by molar-refractivity contribution is 5.88. The second-order valence-electron chi connectivity index (χ2n) is 4.34. The molecular weight excluding hydrogens is 246 g/mol. The minimum absolute atomic E-state index is 0.0669. The molecule has 2 rings (SSSR count). The van der Waals surface area contributed by atoms with Crippen molar-refractivity contribution >= 4 is 11.8 Å². The van der Waals surface area contributed by atoms with Gasteiger partial charge >= 0.3 is 5.97 Å². The van der Waals surface area contributed by atoms with Crippen molar-refractivity contribution in [3.63, 3.8) is 0 Å². The highest BCUT2D eigenvalue weighted by atomic mass is 16.5. The summed E-state index contributed by atoms with van der Waals surface area (Å²) in [7, 11) is 0. The Labute approximate surface area is 110 Å². The normalized spacial score (nSPS) is 12.2. The molecule has 2 N–H and O–H groups in total. The van der Waals surface area contributed by atoms with Gasteiger partial charge < -0.3 is 14.9 Å². The third-order valence-corrected chi connectivity index (χ3v) is 2.89. The number of nitrogens with one attached hydrogen (secondary N) is 1. The maximum atomic E-state index is 10.9. The van der Waals surface area contributed by atoms with Gasteiger partial charge in [0.05, 0.1) is 17.3 Å². The largest absolute Gasteiger partial charge is 0.478 e. The number of pyridine rings is 1. The molecule has 2 aromatic heterocycles. The number of carbonyl (C=O) groups is 1. The van der Waals surface area contributed by atoms with Crippen LogP contribution < -0.4 is 5.32 Å². The molecule has 0 aromatic carbocycles. The van der Waals surface area contributed by atoms with Crippen LogP contribution in [0.5, 0.6) is 0 Å². The average molecular weight is 261 g/mol. The van der Waals surface area contributed by atoms with Gasteiger partial charge in [-0.05, 0) is 32.9 Å². The number of hydrogen-bond donors (Lipinski definition) is 2. The lowest BCUT2D eigenvalue weighted by molar-refractivity contribution is 0.0697. The molecule has 0 aliphatic rings. The smallest absolute Gasteiger partial charge is 0.335 e. The van der Waals surface area contributed by atoms with E-state index in [2.05, 4.69) is 15.5 Å². The molecule has 0 saturated carbocycles. The van der Waals surface area contributed by atoms with Crippen molar-refractivity contribution in [3.05, 3.63) is 40.9 Å². The fourth-order valence-corrected chi connectivity index (χ4v) is 2.04. The third-order valence-electron chi connectivity index (χ3n) is 2.89. The minimum atomic E-state index is -0.976. The van der Waals surface area contributed by atoms with Crippen LogP contribution in [-0.4, -0.2) is 21.2 Å². The molecule has 2 heterocycles. The lowest BCUT2D eigenvalue weighted by atomic mass is 10.1. The summed E-state index contributed by atoms with van der Waals surface area (Å²) in [5, 5.41) is 16.0. The van der Waals surface area contributed by atoms with Gasteiger partial charge in [0.15, 0.2) is 0 Å².